The molecule has 0 amide bonds. The molecule has 0 aliphatic carbocycles. The van der Waals surface area contributed by atoms with Crippen LogP contribution < -0.4 is 11.3 Å². The maximum absolute atomic E-state index is 5.54. The van der Waals surface area contributed by atoms with Crippen molar-refractivity contribution in [2.45, 2.75) is 39.5 Å². The third-order valence-electron chi connectivity index (χ3n) is 3.00. The molecule has 102 valence electrons. The van der Waals surface area contributed by atoms with Crippen LogP contribution in [0.5, 0.6) is 0 Å². The van der Waals surface area contributed by atoms with Crippen molar-refractivity contribution in [3.63, 3.8) is 0 Å². The van der Waals surface area contributed by atoms with E-state index >= 15 is 0 Å². The zero-order valence-electron chi connectivity index (χ0n) is 11.6. The summed E-state index contributed by atoms with van der Waals surface area (Å²) in [5.41, 5.74) is 3.65. The number of hydrogen-bond acceptors (Lipinski definition) is 5. The lowest BCUT2D eigenvalue weighted by Crippen LogP contribution is -2.16. The molecule has 2 aromatic heterocycles. The van der Waals surface area contributed by atoms with Crippen LogP contribution in [0.25, 0.3) is 5.82 Å². The van der Waals surface area contributed by atoms with Gasteiger partial charge in [0.2, 0.25) is 0 Å². The van der Waals surface area contributed by atoms with Crippen molar-refractivity contribution in [2.24, 2.45) is 5.84 Å². The number of anilines is 1. The van der Waals surface area contributed by atoms with Gasteiger partial charge in [0, 0.05) is 24.4 Å². The first kappa shape index (κ1) is 13.5. The molecule has 2 aromatic rings. The van der Waals surface area contributed by atoms with E-state index < -0.39 is 0 Å². The molecular weight excluding hydrogens is 240 g/mol. The number of nitrogens with one attached hydrogen (secondary N) is 1. The van der Waals surface area contributed by atoms with Crippen molar-refractivity contribution in [2.75, 3.05) is 5.43 Å². The van der Waals surface area contributed by atoms with Crippen LogP contribution in [0, 0.1) is 0 Å². The van der Waals surface area contributed by atoms with E-state index in [0.717, 1.165) is 30.0 Å². The number of hydrogen-bond donors (Lipinski definition) is 2. The Kier molecular flexibility index (Phi) is 4.11. The maximum Gasteiger partial charge on any atom is 0.149 e. The number of aryl methyl sites for hydroxylation is 1. The van der Waals surface area contributed by atoms with Gasteiger partial charge in [0.05, 0.1) is 0 Å². The molecule has 2 heterocycles. The monoisotopic (exact) mass is 260 g/mol. The van der Waals surface area contributed by atoms with Crippen LogP contribution in [-0.4, -0.2) is 19.5 Å². The lowest BCUT2D eigenvalue weighted by molar-refractivity contribution is 0.766. The van der Waals surface area contributed by atoms with Crippen LogP contribution in [0.4, 0.5) is 5.82 Å². The fourth-order valence-corrected chi connectivity index (χ4v) is 2.16. The molecule has 0 aliphatic heterocycles. The third-order valence-corrected chi connectivity index (χ3v) is 3.00. The summed E-state index contributed by atoms with van der Waals surface area (Å²) in [6.07, 6.45) is 7.21. The molecule has 19 heavy (non-hydrogen) atoms. The number of nitrogens with zero attached hydrogens (tertiary/aromatic N) is 4. The Morgan fingerprint density at radius 1 is 1.32 bits per heavy atom. The van der Waals surface area contributed by atoms with Crippen molar-refractivity contribution in [3.8, 4) is 5.82 Å². The Bertz CT molecular complexity index is 546. The van der Waals surface area contributed by atoms with E-state index in [1.807, 2.05) is 10.8 Å². The fraction of sp³-hybridized carbons (Fsp3) is 0.462. The van der Waals surface area contributed by atoms with Crippen LogP contribution >= 0.6 is 0 Å². The number of nitrogens with two attached hydrogens (primary N) is 1. The average molecular weight is 260 g/mol. The van der Waals surface area contributed by atoms with E-state index in [1.165, 1.54) is 6.33 Å². The first-order valence-corrected chi connectivity index (χ1v) is 6.53. The first-order valence-electron chi connectivity index (χ1n) is 6.53. The lowest BCUT2D eigenvalue weighted by Gasteiger charge is -2.16. The van der Waals surface area contributed by atoms with E-state index in [0.29, 0.717) is 5.82 Å². The van der Waals surface area contributed by atoms with Gasteiger partial charge in [-0.25, -0.2) is 20.8 Å². The third kappa shape index (κ3) is 2.58. The molecule has 0 aliphatic rings. The van der Waals surface area contributed by atoms with E-state index in [9.17, 15) is 0 Å². The number of rotatable bonds is 5. The van der Waals surface area contributed by atoms with Crippen LogP contribution in [0.2, 0.25) is 0 Å². The van der Waals surface area contributed by atoms with Crippen molar-refractivity contribution in [3.05, 3.63) is 30.1 Å². The van der Waals surface area contributed by atoms with E-state index in [-0.39, 0.29) is 5.92 Å². The number of nitrogen functional groups attached to an aromatic ring is 1. The highest BCUT2D eigenvalue weighted by Crippen LogP contribution is 2.27. The molecule has 0 saturated heterocycles. The summed E-state index contributed by atoms with van der Waals surface area (Å²) < 4.78 is 2.02. The lowest BCUT2D eigenvalue weighted by atomic mass is 10.0. The maximum atomic E-state index is 5.54. The number of aromatic nitrogens is 4. The second-order valence-corrected chi connectivity index (χ2v) is 4.72. The molecule has 0 bridgehead atoms. The normalized spacial score (nSPS) is 11.0. The van der Waals surface area contributed by atoms with Gasteiger partial charge < -0.3 is 5.43 Å². The minimum absolute atomic E-state index is 0.263. The molecule has 0 spiro atoms. The predicted molar refractivity (Wildman–Crippen MR) is 75.0 cm³/mol. The first-order chi connectivity index (χ1) is 9.19. The summed E-state index contributed by atoms with van der Waals surface area (Å²) in [6, 6.07) is 0. The minimum Gasteiger partial charge on any atom is -0.308 e. The second-order valence-electron chi connectivity index (χ2n) is 4.72. The van der Waals surface area contributed by atoms with E-state index in [2.05, 4.69) is 41.1 Å². The number of hydrazine groups is 1. The molecule has 0 aromatic carbocycles. The summed E-state index contributed by atoms with van der Waals surface area (Å²) in [5, 5.41) is 0. The molecule has 0 atom stereocenters. The molecule has 3 N–H and O–H groups in total. The van der Waals surface area contributed by atoms with Crippen LogP contribution in [0.1, 0.15) is 44.5 Å². The second kappa shape index (κ2) is 5.79. The largest absolute Gasteiger partial charge is 0.308 e. The minimum atomic E-state index is 0.263. The van der Waals surface area contributed by atoms with Gasteiger partial charge in [-0.15, -0.1) is 0 Å². The highest BCUT2D eigenvalue weighted by atomic mass is 15.3. The summed E-state index contributed by atoms with van der Waals surface area (Å²) in [7, 11) is 0. The van der Waals surface area contributed by atoms with Crippen molar-refractivity contribution < 1.29 is 0 Å². The van der Waals surface area contributed by atoms with Gasteiger partial charge in [-0.1, -0.05) is 20.8 Å². The molecule has 2 rings (SSSR count). The van der Waals surface area contributed by atoms with Gasteiger partial charge >= 0.3 is 0 Å². The SMILES string of the molecule is CCCc1nccn1-c1ncnc(NN)c1C(C)C. The quantitative estimate of drug-likeness (QED) is 0.635. The standard InChI is InChI=1S/C13H20N6/c1-4-5-10-15-6-7-19(10)13-11(9(2)3)12(18-14)16-8-17-13/h6-9H,4-5,14H2,1-3H3,(H,16,17,18). The predicted octanol–water partition coefficient (Wildman–Crippen LogP) is 2.02. The Balaban J connectivity index is 2.58. The average Bonchev–Trinajstić information content (AvgIpc) is 2.86. The Hall–Kier alpha value is -1.95. The molecule has 6 nitrogen and oxygen atoms in total. The van der Waals surface area contributed by atoms with E-state index in [1.54, 1.807) is 6.20 Å². The summed E-state index contributed by atoms with van der Waals surface area (Å²) >= 11 is 0. The van der Waals surface area contributed by atoms with E-state index in [4.69, 9.17) is 5.84 Å². The fourth-order valence-electron chi connectivity index (χ4n) is 2.16. The highest BCUT2D eigenvalue weighted by Gasteiger charge is 2.17. The Morgan fingerprint density at radius 2 is 2.11 bits per heavy atom. The topological polar surface area (TPSA) is 81.7 Å². The van der Waals surface area contributed by atoms with Crippen LogP contribution in [0.3, 0.4) is 0 Å². The Labute approximate surface area is 113 Å². The molecule has 0 unspecified atom stereocenters. The molecule has 0 fully saturated rings. The molecule has 6 heteroatoms. The van der Waals surface area contributed by atoms with Crippen molar-refractivity contribution in [1.82, 2.24) is 19.5 Å². The van der Waals surface area contributed by atoms with Gasteiger partial charge in [-0.2, -0.15) is 0 Å². The summed E-state index contributed by atoms with van der Waals surface area (Å²) in [6.45, 7) is 6.33. The van der Waals surface area contributed by atoms with Gasteiger partial charge in [0.1, 0.15) is 23.8 Å². The van der Waals surface area contributed by atoms with Crippen molar-refractivity contribution in [1.29, 1.82) is 0 Å². The molecule has 0 saturated carbocycles. The van der Waals surface area contributed by atoms with Gasteiger partial charge in [0.25, 0.3) is 0 Å². The highest BCUT2D eigenvalue weighted by molar-refractivity contribution is 5.53. The molecule has 0 radical (unpaired) electrons. The zero-order chi connectivity index (χ0) is 13.8. The smallest absolute Gasteiger partial charge is 0.149 e. The van der Waals surface area contributed by atoms with Crippen molar-refractivity contribution >= 4 is 5.82 Å². The number of imidazole rings is 1. The summed E-state index contributed by atoms with van der Waals surface area (Å²) in [5.74, 6) is 8.32. The van der Waals surface area contributed by atoms with Gasteiger partial charge in [-0.3, -0.25) is 4.57 Å². The summed E-state index contributed by atoms with van der Waals surface area (Å²) in [4.78, 5) is 13.0. The van der Waals surface area contributed by atoms with Gasteiger partial charge in [-0.05, 0) is 12.3 Å². The van der Waals surface area contributed by atoms with Crippen LogP contribution in [-0.2, 0) is 6.42 Å². The van der Waals surface area contributed by atoms with Crippen LogP contribution in [0.15, 0.2) is 18.7 Å². The van der Waals surface area contributed by atoms with Gasteiger partial charge in [0.15, 0.2) is 0 Å². The molecular formula is C13H20N6. The Morgan fingerprint density at radius 3 is 2.74 bits per heavy atom. The zero-order valence-corrected chi connectivity index (χ0v) is 11.6.